The number of benzene rings is 2. The number of nitrogens with zero attached hydrogens (tertiary/aromatic N) is 3. The van der Waals surface area contributed by atoms with E-state index in [0.717, 1.165) is 27.5 Å². The number of hydrogen-bond acceptors (Lipinski definition) is 4. The van der Waals surface area contributed by atoms with Crippen LogP contribution in [0.25, 0.3) is 16.9 Å². The van der Waals surface area contributed by atoms with Gasteiger partial charge < -0.3 is 5.41 Å². The molecule has 4 rings (SSSR count). The summed E-state index contributed by atoms with van der Waals surface area (Å²) in [5.41, 5.74) is 4.26. The minimum Gasteiger partial charge on any atom is -0.304 e. The van der Waals surface area contributed by atoms with Crippen molar-refractivity contribution < 1.29 is 0 Å². The van der Waals surface area contributed by atoms with Crippen molar-refractivity contribution in [1.82, 2.24) is 14.5 Å². The Morgan fingerprint density at radius 1 is 1.19 bits per heavy atom. The average molecular weight is 377 g/mol. The van der Waals surface area contributed by atoms with Gasteiger partial charge in [-0.2, -0.15) is 4.98 Å². The third-order valence-electron chi connectivity index (χ3n) is 3.90. The summed E-state index contributed by atoms with van der Waals surface area (Å²) < 4.78 is 1.78. The van der Waals surface area contributed by atoms with Gasteiger partial charge in [0.15, 0.2) is 0 Å². The summed E-state index contributed by atoms with van der Waals surface area (Å²) in [6.07, 6.45) is 7.71. The molecule has 0 aliphatic heterocycles. The SMILES string of the molecule is N=C(Cc1nc(-c2ccc(-n3c#cnc3)cc2)cs1)c1cccc(Cl)c1. The third kappa shape index (κ3) is 3.52. The molecular weight excluding hydrogens is 364 g/mol. The van der Waals surface area contributed by atoms with Gasteiger partial charge in [-0.3, -0.25) is 4.57 Å². The van der Waals surface area contributed by atoms with Gasteiger partial charge in [-0.05, 0) is 29.8 Å². The molecule has 0 fully saturated rings. The molecule has 0 atom stereocenters. The van der Waals surface area contributed by atoms with E-state index in [9.17, 15) is 0 Å². The Morgan fingerprint density at radius 3 is 2.77 bits per heavy atom. The van der Waals surface area contributed by atoms with Crippen molar-refractivity contribution in [1.29, 1.82) is 5.41 Å². The molecule has 0 unspecified atom stereocenters. The molecule has 126 valence electrons. The van der Waals surface area contributed by atoms with E-state index < -0.39 is 0 Å². The van der Waals surface area contributed by atoms with E-state index in [2.05, 4.69) is 22.4 Å². The van der Waals surface area contributed by atoms with Crippen molar-refractivity contribution in [2.45, 2.75) is 6.42 Å². The lowest BCUT2D eigenvalue weighted by molar-refractivity contribution is 1.05. The van der Waals surface area contributed by atoms with Gasteiger partial charge in [-0.15, -0.1) is 11.3 Å². The minimum atomic E-state index is 0.489. The van der Waals surface area contributed by atoms with Crippen molar-refractivity contribution in [3.63, 3.8) is 0 Å². The van der Waals surface area contributed by atoms with Gasteiger partial charge in [0.25, 0.3) is 0 Å². The largest absolute Gasteiger partial charge is 0.304 e. The Hall–Kier alpha value is -2.94. The third-order valence-corrected chi connectivity index (χ3v) is 4.99. The molecule has 0 aliphatic carbocycles. The van der Waals surface area contributed by atoms with Crippen molar-refractivity contribution in [2.24, 2.45) is 0 Å². The first kappa shape index (κ1) is 16.5. The van der Waals surface area contributed by atoms with Gasteiger partial charge in [0, 0.05) is 34.3 Å². The van der Waals surface area contributed by atoms with Gasteiger partial charge in [0.05, 0.1) is 22.6 Å². The van der Waals surface area contributed by atoms with E-state index in [1.54, 1.807) is 22.2 Å². The van der Waals surface area contributed by atoms with Gasteiger partial charge in [0.2, 0.25) is 0 Å². The van der Waals surface area contributed by atoms with E-state index in [4.69, 9.17) is 17.0 Å². The van der Waals surface area contributed by atoms with Crippen LogP contribution in [0.5, 0.6) is 0 Å². The summed E-state index contributed by atoms with van der Waals surface area (Å²) in [5.74, 6) is 0. The first-order chi connectivity index (χ1) is 12.7. The second kappa shape index (κ2) is 7.12. The molecule has 0 aliphatic rings. The number of thiazole rings is 1. The van der Waals surface area contributed by atoms with E-state index in [0.29, 0.717) is 17.2 Å². The molecule has 4 nitrogen and oxygen atoms in total. The number of halogens is 1. The predicted molar refractivity (Wildman–Crippen MR) is 104 cm³/mol. The molecule has 0 saturated carbocycles. The number of hydrogen-bond donors (Lipinski definition) is 1. The highest BCUT2D eigenvalue weighted by Crippen LogP contribution is 2.24. The lowest BCUT2D eigenvalue weighted by Crippen LogP contribution is -2.03. The summed E-state index contributed by atoms with van der Waals surface area (Å²) in [6, 6.07) is 15.4. The number of rotatable bonds is 5. The zero-order valence-electron chi connectivity index (χ0n) is 13.6. The van der Waals surface area contributed by atoms with Crippen LogP contribution in [-0.2, 0) is 6.42 Å². The van der Waals surface area contributed by atoms with Crippen LogP contribution in [0.1, 0.15) is 10.6 Å². The van der Waals surface area contributed by atoms with Crippen LogP contribution in [-0.4, -0.2) is 20.2 Å². The monoisotopic (exact) mass is 376 g/mol. The van der Waals surface area contributed by atoms with Crippen LogP contribution < -0.4 is 0 Å². The zero-order valence-corrected chi connectivity index (χ0v) is 15.2. The lowest BCUT2D eigenvalue weighted by atomic mass is 10.1. The van der Waals surface area contributed by atoms with Crippen molar-refractivity contribution in [3.8, 4) is 16.9 Å². The first-order valence-electron chi connectivity index (χ1n) is 7.90. The normalized spacial score (nSPS) is 10.5. The van der Waals surface area contributed by atoms with Crippen molar-refractivity contribution in [3.05, 3.63) is 88.2 Å². The average Bonchev–Trinajstić information content (AvgIpc) is 3.34. The summed E-state index contributed by atoms with van der Waals surface area (Å²) in [4.78, 5) is 8.56. The molecule has 0 bridgehead atoms. The molecule has 0 spiro atoms. The summed E-state index contributed by atoms with van der Waals surface area (Å²) in [5, 5.41) is 11.8. The molecule has 0 radical (unpaired) electrons. The lowest BCUT2D eigenvalue weighted by Gasteiger charge is -2.03. The number of aromatic nitrogens is 3. The molecule has 1 N–H and O–H groups in total. The van der Waals surface area contributed by atoms with E-state index in [-0.39, 0.29) is 0 Å². The van der Waals surface area contributed by atoms with Gasteiger partial charge in [0.1, 0.15) is 6.33 Å². The molecular formula is C20H13ClN4S. The highest BCUT2D eigenvalue weighted by Gasteiger charge is 2.09. The summed E-state index contributed by atoms with van der Waals surface area (Å²) in [7, 11) is 0. The zero-order chi connectivity index (χ0) is 17.9. The number of nitrogens with one attached hydrogen (secondary N) is 1. The molecule has 26 heavy (non-hydrogen) atoms. The molecule has 2 aromatic carbocycles. The Morgan fingerprint density at radius 2 is 2.04 bits per heavy atom. The maximum Gasteiger partial charge on any atom is 0.118 e. The summed E-state index contributed by atoms with van der Waals surface area (Å²) in [6.45, 7) is 0. The summed E-state index contributed by atoms with van der Waals surface area (Å²) >= 11 is 7.57. The molecule has 2 heterocycles. The maximum absolute atomic E-state index is 8.28. The van der Waals surface area contributed by atoms with E-state index >= 15 is 0 Å². The van der Waals surface area contributed by atoms with Gasteiger partial charge in [-0.1, -0.05) is 35.9 Å². The van der Waals surface area contributed by atoms with Crippen LogP contribution in [0.3, 0.4) is 0 Å². The van der Waals surface area contributed by atoms with Crippen LogP contribution in [0.4, 0.5) is 0 Å². The topological polar surface area (TPSA) is 54.6 Å². The maximum atomic E-state index is 8.28. The van der Waals surface area contributed by atoms with E-state index in [1.807, 2.05) is 53.9 Å². The van der Waals surface area contributed by atoms with Gasteiger partial charge >= 0.3 is 0 Å². The first-order valence-corrected chi connectivity index (χ1v) is 9.16. The highest BCUT2D eigenvalue weighted by atomic mass is 35.5. The van der Waals surface area contributed by atoms with Crippen LogP contribution in [0, 0.1) is 17.8 Å². The van der Waals surface area contributed by atoms with Crippen LogP contribution >= 0.6 is 22.9 Å². The molecule has 2 aromatic heterocycles. The standard InChI is InChI=1S/C20H13ClN4S/c21-16-3-1-2-15(10-16)18(22)11-20-24-19(12-26-20)14-4-6-17(7-5-14)25-9-8-23-13-25/h1-7,10,12-13,22H,11H2. The molecule has 0 amide bonds. The second-order valence-electron chi connectivity index (χ2n) is 5.68. The predicted octanol–water partition coefficient (Wildman–Crippen LogP) is 4.86. The fourth-order valence-corrected chi connectivity index (χ4v) is 3.58. The highest BCUT2D eigenvalue weighted by molar-refractivity contribution is 7.10. The Balaban J connectivity index is 1.50. The second-order valence-corrected chi connectivity index (χ2v) is 7.06. The van der Waals surface area contributed by atoms with Gasteiger partial charge in [-0.25, -0.2) is 4.98 Å². The Bertz CT molecular complexity index is 1040. The van der Waals surface area contributed by atoms with Crippen LogP contribution in [0.2, 0.25) is 5.02 Å². The minimum absolute atomic E-state index is 0.489. The van der Waals surface area contributed by atoms with Crippen LogP contribution in [0.15, 0.2) is 60.2 Å². The van der Waals surface area contributed by atoms with E-state index in [1.165, 1.54) is 0 Å². The molecule has 4 aromatic rings. The molecule has 0 saturated heterocycles. The van der Waals surface area contributed by atoms with Crippen molar-refractivity contribution >= 4 is 28.6 Å². The smallest absolute Gasteiger partial charge is 0.118 e. The fourth-order valence-electron chi connectivity index (χ4n) is 2.58. The Kier molecular flexibility index (Phi) is 4.53. The van der Waals surface area contributed by atoms with Crippen molar-refractivity contribution in [2.75, 3.05) is 0 Å². The molecule has 6 heteroatoms. The fraction of sp³-hybridized carbons (Fsp3) is 0.0500. The quantitative estimate of drug-likeness (QED) is 0.506. The Labute approximate surface area is 160 Å².